The number of H-pyrrole nitrogens is 1. The van der Waals surface area contributed by atoms with Gasteiger partial charge in [0.15, 0.2) is 0 Å². The van der Waals surface area contributed by atoms with Gasteiger partial charge < -0.3 is 9.80 Å². The summed E-state index contributed by atoms with van der Waals surface area (Å²) in [6.45, 7) is 9.82. The predicted octanol–water partition coefficient (Wildman–Crippen LogP) is 3.68. The molecular weight excluding hydrogens is 414 g/mol. The number of hydrogen-bond donors (Lipinski definition) is 1. The van der Waals surface area contributed by atoms with Crippen molar-refractivity contribution < 1.29 is 9.59 Å². The Morgan fingerprint density at radius 3 is 2.52 bits per heavy atom. The van der Waals surface area contributed by atoms with Crippen molar-refractivity contribution in [3.8, 4) is 11.1 Å². The summed E-state index contributed by atoms with van der Waals surface area (Å²) < 4.78 is 0. The van der Waals surface area contributed by atoms with Crippen molar-refractivity contribution in [3.05, 3.63) is 71.8 Å². The summed E-state index contributed by atoms with van der Waals surface area (Å²) in [5.41, 5.74) is 4.24. The lowest BCUT2D eigenvalue weighted by Gasteiger charge is -2.40. The first-order chi connectivity index (χ1) is 15.8. The molecule has 7 nitrogen and oxygen atoms in total. The van der Waals surface area contributed by atoms with E-state index < -0.39 is 6.04 Å². The highest BCUT2D eigenvalue weighted by atomic mass is 16.2. The number of carbonyl (C=O) groups is 2. The largest absolute Gasteiger partial charge is 0.339 e. The summed E-state index contributed by atoms with van der Waals surface area (Å²) in [6.07, 6.45) is 3.99. The minimum absolute atomic E-state index is 0.0157. The molecule has 1 aromatic carbocycles. The van der Waals surface area contributed by atoms with Crippen LogP contribution in [-0.4, -0.2) is 62.5 Å². The fourth-order valence-corrected chi connectivity index (χ4v) is 4.20. The molecule has 2 aromatic heterocycles. The van der Waals surface area contributed by atoms with Crippen LogP contribution in [0.4, 0.5) is 0 Å². The van der Waals surface area contributed by atoms with Gasteiger partial charge in [-0.05, 0) is 41.8 Å². The van der Waals surface area contributed by atoms with E-state index in [0.717, 1.165) is 22.4 Å². The molecule has 0 aliphatic carbocycles. The lowest BCUT2D eigenvalue weighted by atomic mass is 9.92. The van der Waals surface area contributed by atoms with Crippen molar-refractivity contribution in [3.63, 3.8) is 0 Å². The first-order valence-electron chi connectivity index (χ1n) is 11.4. The molecule has 1 aliphatic heterocycles. The minimum Gasteiger partial charge on any atom is -0.339 e. The van der Waals surface area contributed by atoms with Crippen LogP contribution in [0, 0.1) is 0 Å². The topological polar surface area (TPSA) is 82.2 Å². The van der Waals surface area contributed by atoms with Gasteiger partial charge in [-0.1, -0.05) is 45.0 Å². The molecule has 0 bridgehead atoms. The Hall–Kier alpha value is -3.48. The molecule has 4 rings (SSSR count). The number of carbonyl (C=O) groups excluding carboxylic acids is 2. The smallest absolute Gasteiger partial charge is 0.275 e. The summed E-state index contributed by atoms with van der Waals surface area (Å²) in [6, 6.07) is 13.3. The number of piperazine rings is 1. The zero-order valence-electron chi connectivity index (χ0n) is 19.7. The number of pyridine rings is 1. The molecule has 0 unspecified atom stereocenters. The number of aromatic amines is 1. The lowest BCUT2D eigenvalue weighted by Crippen LogP contribution is -2.59. The molecule has 0 saturated carbocycles. The van der Waals surface area contributed by atoms with Crippen molar-refractivity contribution in [1.82, 2.24) is 25.0 Å². The standard InChI is InChI=1S/C26H31N5O2/c1-5-30-13-14-31(24(32)21-17-23(29-28-21)26(2,3)4)22(25(30)33)16-18-7-6-8-20(15-18)19-9-11-27-12-10-19/h6-12,15,17,22H,5,13-14,16H2,1-4H3,(H,28,29)/t22-/m1/s1. The van der Waals surface area contributed by atoms with E-state index in [4.69, 9.17) is 0 Å². The van der Waals surface area contributed by atoms with Crippen LogP contribution in [0.25, 0.3) is 11.1 Å². The second kappa shape index (κ2) is 9.17. The maximum absolute atomic E-state index is 13.4. The third kappa shape index (κ3) is 4.82. The quantitative estimate of drug-likeness (QED) is 0.649. The van der Waals surface area contributed by atoms with Gasteiger partial charge >= 0.3 is 0 Å². The van der Waals surface area contributed by atoms with Crippen LogP contribution < -0.4 is 0 Å². The number of amides is 2. The number of hydrogen-bond acceptors (Lipinski definition) is 4. The van der Waals surface area contributed by atoms with Crippen LogP contribution in [0.15, 0.2) is 54.9 Å². The Bertz CT molecular complexity index is 1130. The van der Waals surface area contributed by atoms with Gasteiger partial charge in [-0.15, -0.1) is 0 Å². The van der Waals surface area contributed by atoms with Crippen LogP contribution in [0.2, 0.25) is 0 Å². The molecule has 172 valence electrons. The molecule has 1 atom stereocenters. The van der Waals surface area contributed by atoms with Crippen LogP contribution in [0.5, 0.6) is 0 Å². The second-order valence-corrected chi connectivity index (χ2v) is 9.49. The van der Waals surface area contributed by atoms with Crippen molar-refractivity contribution in [2.45, 2.75) is 45.6 Å². The fraction of sp³-hybridized carbons (Fsp3) is 0.385. The van der Waals surface area contributed by atoms with Gasteiger partial charge in [-0.3, -0.25) is 19.7 Å². The van der Waals surface area contributed by atoms with E-state index in [-0.39, 0.29) is 17.2 Å². The van der Waals surface area contributed by atoms with Gasteiger partial charge in [-0.25, -0.2) is 0 Å². The summed E-state index contributed by atoms with van der Waals surface area (Å²) in [4.78, 5) is 34.4. The summed E-state index contributed by atoms with van der Waals surface area (Å²) in [5.74, 6) is -0.223. The molecular formula is C26H31N5O2. The summed E-state index contributed by atoms with van der Waals surface area (Å²) >= 11 is 0. The number of aromatic nitrogens is 3. The third-order valence-electron chi connectivity index (χ3n) is 6.20. The first kappa shape index (κ1) is 22.7. The lowest BCUT2D eigenvalue weighted by molar-refractivity contribution is -0.139. The molecule has 1 saturated heterocycles. The van der Waals surface area contributed by atoms with Crippen molar-refractivity contribution in [2.24, 2.45) is 0 Å². The van der Waals surface area contributed by atoms with E-state index in [9.17, 15) is 9.59 Å². The highest BCUT2D eigenvalue weighted by Gasteiger charge is 2.38. The molecule has 2 amide bonds. The van der Waals surface area contributed by atoms with Gasteiger partial charge in [0.25, 0.3) is 5.91 Å². The highest BCUT2D eigenvalue weighted by molar-refractivity contribution is 5.97. The van der Waals surface area contributed by atoms with E-state index in [1.807, 2.05) is 42.2 Å². The SMILES string of the molecule is CCN1CCN(C(=O)c2cc(C(C)(C)C)[nH]n2)[C@H](Cc2cccc(-c3ccncc3)c2)C1=O. The van der Waals surface area contributed by atoms with E-state index in [2.05, 4.69) is 42.0 Å². The maximum Gasteiger partial charge on any atom is 0.275 e. The molecule has 1 aliphatic rings. The number of nitrogens with zero attached hydrogens (tertiary/aromatic N) is 4. The zero-order valence-corrected chi connectivity index (χ0v) is 19.7. The Kier molecular flexibility index (Phi) is 6.31. The van der Waals surface area contributed by atoms with Gasteiger partial charge in [0, 0.05) is 49.6 Å². The summed E-state index contributed by atoms with van der Waals surface area (Å²) in [5, 5.41) is 7.26. The van der Waals surface area contributed by atoms with Gasteiger partial charge in [0.1, 0.15) is 11.7 Å². The van der Waals surface area contributed by atoms with Crippen molar-refractivity contribution >= 4 is 11.8 Å². The average molecular weight is 446 g/mol. The van der Waals surface area contributed by atoms with E-state index in [1.165, 1.54) is 0 Å². The predicted molar refractivity (Wildman–Crippen MR) is 128 cm³/mol. The maximum atomic E-state index is 13.4. The van der Waals surface area contributed by atoms with Crippen LogP contribution in [0.3, 0.4) is 0 Å². The van der Waals surface area contributed by atoms with Crippen molar-refractivity contribution in [1.29, 1.82) is 0 Å². The molecule has 1 fully saturated rings. The molecule has 0 spiro atoms. The molecule has 0 radical (unpaired) electrons. The number of benzene rings is 1. The number of nitrogens with one attached hydrogen (secondary N) is 1. The number of rotatable bonds is 5. The van der Waals surface area contributed by atoms with Crippen molar-refractivity contribution in [2.75, 3.05) is 19.6 Å². The third-order valence-corrected chi connectivity index (χ3v) is 6.20. The Balaban J connectivity index is 1.62. The van der Waals surface area contributed by atoms with E-state index in [1.54, 1.807) is 23.4 Å². The van der Waals surface area contributed by atoms with E-state index >= 15 is 0 Å². The van der Waals surface area contributed by atoms with Crippen LogP contribution >= 0.6 is 0 Å². The van der Waals surface area contributed by atoms with Gasteiger partial charge in [0.05, 0.1) is 0 Å². The first-order valence-corrected chi connectivity index (χ1v) is 11.4. The Morgan fingerprint density at radius 1 is 1.09 bits per heavy atom. The Morgan fingerprint density at radius 2 is 1.85 bits per heavy atom. The van der Waals surface area contributed by atoms with Crippen LogP contribution in [-0.2, 0) is 16.6 Å². The molecule has 3 aromatic rings. The Labute approximate surface area is 194 Å². The normalized spacial score (nSPS) is 16.8. The summed E-state index contributed by atoms with van der Waals surface area (Å²) in [7, 11) is 0. The van der Waals surface area contributed by atoms with E-state index in [0.29, 0.717) is 31.7 Å². The zero-order chi connectivity index (χ0) is 23.6. The monoisotopic (exact) mass is 445 g/mol. The second-order valence-electron chi connectivity index (χ2n) is 9.49. The van der Waals surface area contributed by atoms with Gasteiger partial charge in [0.2, 0.25) is 5.91 Å². The molecule has 3 heterocycles. The molecule has 33 heavy (non-hydrogen) atoms. The average Bonchev–Trinajstić information content (AvgIpc) is 3.32. The highest BCUT2D eigenvalue weighted by Crippen LogP contribution is 2.25. The van der Waals surface area contributed by atoms with Crippen LogP contribution in [0.1, 0.15) is 49.4 Å². The fourth-order valence-electron chi connectivity index (χ4n) is 4.20. The van der Waals surface area contributed by atoms with Gasteiger partial charge in [-0.2, -0.15) is 5.10 Å². The molecule has 7 heteroatoms. The number of likely N-dealkylation sites (N-methyl/N-ethyl adjacent to an activating group) is 1. The minimum atomic E-state index is -0.561. The molecule has 1 N–H and O–H groups in total.